The van der Waals surface area contributed by atoms with Crippen molar-refractivity contribution in [2.45, 2.75) is 46.2 Å². The van der Waals surface area contributed by atoms with Gasteiger partial charge in [0.05, 0.1) is 0 Å². The number of nitrogens with one attached hydrogen (secondary N) is 1. The standard InChI is InChI=1S/C16H25NS/c1-12-5-7-14(8-6-12)13(2)17-15-11-18-10-9-16(15,3)4/h5-8,13,15,17H,9-11H2,1-4H3/t13-,15?/m0/s1. The molecule has 1 unspecified atom stereocenters. The van der Waals surface area contributed by atoms with Crippen LogP contribution in [0.15, 0.2) is 24.3 Å². The molecule has 18 heavy (non-hydrogen) atoms. The molecule has 1 N–H and O–H groups in total. The van der Waals surface area contributed by atoms with Gasteiger partial charge >= 0.3 is 0 Å². The van der Waals surface area contributed by atoms with Crippen LogP contribution in [-0.4, -0.2) is 17.5 Å². The highest BCUT2D eigenvalue weighted by Crippen LogP contribution is 2.35. The SMILES string of the molecule is Cc1ccc([C@H](C)NC2CSCCC2(C)C)cc1. The van der Waals surface area contributed by atoms with Gasteiger partial charge in [0.2, 0.25) is 0 Å². The van der Waals surface area contributed by atoms with Crippen molar-refractivity contribution in [3.05, 3.63) is 35.4 Å². The van der Waals surface area contributed by atoms with Crippen LogP contribution in [-0.2, 0) is 0 Å². The number of rotatable bonds is 3. The average molecular weight is 263 g/mol. The second-order valence-electron chi connectivity index (χ2n) is 6.17. The lowest BCUT2D eigenvalue weighted by atomic mass is 9.81. The second-order valence-corrected chi connectivity index (χ2v) is 7.31. The van der Waals surface area contributed by atoms with Crippen molar-refractivity contribution in [1.29, 1.82) is 0 Å². The Morgan fingerprint density at radius 3 is 2.56 bits per heavy atom. The zero-order valence-electron chi connectivity index (χ0n) is 12.0. The van der Waals surface area contributed by atoms with Crippen molar-refractivity contribution < 1.29 is 0 Å². The van der Waals surface area contributed by atoms with Gasteiger partial charge in [-0.3, -0.25) is 0 Å². The third-order valence-corrected chi connectivity index (χ3v) is 5.21. The number of benzene rings is 1. The quantitative estimate of drug-likeness (QED) is 0.878. The Balaban J connectivity index is 2.02. The minimum absolute atomic E-state index is 0.421. The average Bonchev–Trinajstić information content (AvgIpc) is 2.32. The van der Waals surface area contributed by atoms with Gasteiger partial charge in [-0.1, -0.05) is 43.7 Å². The highest BCUT2D eigenvalue weighted by atomic mass is 32.2. The topological polar surface area (TPSA) is 12.0 Å². The van der Waals surface area contributed by atoms with Crippen molar-refractivity contribution in [3.8, 4) is 0 Å². The van der Waals surface area contributed by atoms with E-state index in [1.807, 2.05) is 0 Å². The Morgan fingerprint density at radius 2 is 1.94 bits per heavy atom. The van der Waals surface area contributed by atoms with E-state index in [1.54, 1.807) is 0 Å². The van der Waals surface area contributed by atoms with Gasteiger partial charge in [0.25, 0.3) is 0 Å². The van der Waals surface area contributed by atoms with Crippen LogP contribution in [0.4, 0.5) is 0 Å². The third kappa shape index (κ3) is 3.30. The lowest BCUT2D eigenvalue weighted by Crippen LogP contribution is -2.47. The normalized spacial score (nSPS) is 24.8. The molecule has 0 spiro atoms. The molecule has 1 fully saturated rings. The molecule has 1 heterocycles. The molecular weight excluding hydrogens is 238 g/mol. The van der Waals surface area contributed by atoms with Crippen LogP contribution in [0.25, 0.3) is 0 Å². The maximum absolute atomic E-state index is 3.82. The van der Waals surface area contributed by atoms with Gasteiger partial charge in [-0.25, -0.2) is 0 Å². The molecule has 1 aromatic rings. The van der Waals surface area contributed by atoms with Crippen molar-refractivity contribution >= 4 is 11.8 Å². The van der Waals surface area contributed by atoms with Crippen LogP contribution >= 0.6 is 11.8 Å². The maximum atomic E-state index is 3.82. The lowest BCUT2D eigenvalue weighted by Gasteiger charge is -2.40. The van der Waals surface area contributed by atoms with Crippen molar-refractivity contribution in [2.75, 3.05) is 11.5 Å². The summed E-state index contributed by atoms with van der Waals surface area (Å²) in [7, 11) is 0. The Bertz CT molecular complexity index is 383. The van der Waals surface area contributed by atoms with Gasteiger partial charge in [-0.15, -0.1) is 0 Å². The van der Waals surface area contributed by atoms with Gasteiger partial charge in [0.15, 0.2) is 0 Å². The predicted octanol–water partition coefficient (Wildman–Crippen LogP) is 4.18. The van der Waals surface area contributed by atoms with E-state index >= 15 is 0 Å². The van der Waals surface area contributed by atoms with E-state index in [2.05, 4.69) is 69.0 Å². The zero-order valence-corrected chi connectivity index (χ0v) is 12.8. The monoisotopic (exact) mass is 263 g/mol. The molecule has 0 bridgehead atoms. The highest BCUT2D eigenvalue weighted by Gasteiger charge is 2.33. The number of thioether (sulfide) groups is 1. The smallest absolute Gasteiger partial charge is 0.0294 e. The molecule has 0 amide bonds. The first-order valence-electron chi connectivity index (χ1n) is 6.89. The molecule has 1 aromatic carbocycles. The van der Waals surface area contributed by atoms with Crippen LogP contribution in [0.3, 0.4) is 0 Å². The maximum Gasteiger partial charge on any atom is 0.0294 e. The molecular formula is C16H25NS. The van der Waals surface area contributed by atoms with Crippen LogP contribution < -0.4 is 5.32 Å². The summed E-state index contributed by atoms with van der Waals surface area (Å²) in [6, 6.07) is 9.95. The molecule has 1 saturated heterocycles. The molecule has 1 aliphatic rings. The van der Waals surface area contributed by atoms with Crippen LogP contribution in [0.1, 0.15) is 44.4 Å². The van der Waals surface area contributed by atoms with Gasteiger partial charge in [-0.05, 0) is 37.0 Å². The Labute approximate surface area is 116 Å². The van der Waals surface area contributed by atoms with E-state index < -0.39 is 0 Å². The van der Waals surface area contributed by atoms with Crippen molar-refractivity contribution in [1.82, 2.24) is 5.32 Å². The van der Waals surface area contributed by atoms with Crippen LogP contribution in [0.5, 0.6) is 0 Å². The van der Waals surface area contributed by atoms with E-state index in [0.717, 1.165) is 0 Å². The zero-order chi connectivity index (χ0) is 13.2. The molecule has 0 aromatic heterocycles. The van der Waals surface area contributed by atoms with Crippen molar-refractivity contribution in [3.63, 3.8) is 0 Å². The Morgan fingerprint density at radius 1 is 1.28 bits per heavy atom. The van der Waals surface area contributed by atoms with E-state index in [-0.39, 0.29) is 0 Å². The highest BCUT2D eigenvalue weighted by molar-refractivity contribution is 7.99. The Kier molecular flexibility index (Phi) is 4.39. The summed E-state index contributed by atoms with van der Waals surface area (Å²) >= 11 is 2.08. The van der Waals surface area contributed by atoms with Gasteiger partial charge in [0, 0.05) is 17.8 Å². The van der Waals surface area contributed by atoms with E-state index in [9.17, 15) is 0 Å². The summed E-state index contributed by atoms with van der Waals surface area (Å²) in [5, 5.41) is 3.82. The first-order valence-corrected chi connectivity index (χ1v) is 8.05. The van der Waals surface area contributed by atoms with Crippen LogP contribution in [0.2, 0.25) is 0 Å². The van der Waals surface area contributed by atoms with E-state index in [4.69, 9.17) is 0 Å². The number of hydrogen-bond donors (Lipinski definition) is 1. The van der Waals surface area contributed by atoms with Gasteiger partial charge < -0.3 is 5.32 Å². The minimum Gasteiger partial charge on any atom is -0.306 e. The minimum atomic E-state index is 0.421. The van der Waals surface area contributed by atoms with Crippen molar-refractivity contribution in [2.24, 2.45) is 5.41 Å². The molecule has 100 valence electrons. The largest absolute Gasteiger partial charge is 0.306 e. The lowest BCUT2D eigenvalue weighted by molar-refractivity contribution is 0.232. The molecule has 2 atom stereocenters. The summed E-state index contributed by atoms with van der Waals surface area (Å²) in [6.07, 6.45) is 1.32. The third-order valence-electron chi connectivity index (χ3n) is 4.15. The second kappa shape index (κ2) is 5.66. The molecule has 0 radical (unpaired) electrons. The first kappa shape index (κ1) is 14.0. The summed E-state index contributed by atoms with van der Waals surface area (Å²) in [5.74, 6) is 2.55. The molecule has 1 nitrogen and oxygen atoms in total. The molecule has 2 rings (SSSR count). The predicted molar refractivity (Wildman–Crippen MR) is 82.2 cm³/mol. The summed E-state index contributed by atoms with van der Waals surface area (Å²) in [4.78, 5) is 0. The summed E-state index contributed by atoms with van der Waals surface area (Å²) < 4.78 is 0. The molecule has 1 aliphatic heterocycles. The van der Waals surface area contributed by atoms with Gasteiger partial charge in [-0.2, -0.15) is 11.8 Å². The van der Waals surface area contributed by atoms with E-state index in [0.29, 0.717) is 17.5 Å². The van der Waals surface area contributed by atoms with E-state index in [1.165, 1.54) is 29.1 Å². The number of aryl methyl sites for hydroxylation is 1. The fraction of sp³-hybridized carbons (Fsp3) is 0.625. The molecule has 2 heteroatoms. The van der Waals surface area contributed by atoms with Crippen LogP contribution in [0, 0.1) is 12.3 Å². The number of hydrogen-bond acceptors (Lipinski definition) is 2. The molecule has 0 saturated carbocycles. The molecule has 0 aliphatic carbocycles. The Hall–Kier alpha value is -0.470. The fourth-order valence-corrected chi connectivity index (χ4v) is 4.08. The fourth-order valence-electron chi connectivity index (χ4n) is 2.46. The summed E-state index contributed by atoms with van der Waals surface area (Å²) in [6.45, 7) is 9.21. The summed E-state index contributed by atoms with van der Waals surface area (Å²) in [5.41, 5.74) is 3.15. The van der Waals surface area contributed by atoms with Gasteiger partial charge in [0.1, 0.15) is 0 Å². The first-order chi connectivity index (χ1) is 8.49.